The van der Waals surface area contributed by atoms with Gasteiger partial charge in [-0.2, -0.15) is 0 Å². The number of nitrogens with one attached hydrogen (secondary N) is 1. The molecule has 18 heavy (non-hydrogen) atoms. The van der Waals surface area contributed by atoms with Crippen molar-refractivity contribution in [2.24, 2.45) is 0 Å². The minimum Gasteiger partial charge on any atom is -0.454 e. The molecule has 0 radical (unpaired) electrons. The fraction of sp³-hybridized carbons (Fsp3) is 0.0769. The predicted octanol–water partition coefficient (Wildman–Crippen LogP) is 2.82. The van der Waals surface area contributed by atoms with Crippen LogP contribution in [-0.2, 0) is 4.74 Å². The Kier molecular flexibility index (Phi) is 3.94. The van der Waals surface area contributed by atoms with Crippen molar-refractivity contribution in [3.05, 3.63) is 58.3 Å². The maximum absolute atomic E-state index is 11.7. The molecule has 0 spiro atoms. The second-order valence-corrected chi connectivity index (χ2v) is 4.42. The Morgan fingerprint density at radius 3 is 2.61 bits per heavy atom. The molecule has 0 aliphatic heterocycles. The summed E-state index contributed by atoms with van der Waals surface area (Å²) >= 11 is 3.25. The number of halogens is 1. The molecular formula is C13H10BrNO3. The summed E-state index contributed by atoms with van der Waals surface area (Å²) in [5, 5.41) is 0. The highest BCUT2D eigenvalue weighted by atomic mass is 79.9. The third-order valence-corrected chi connectivity index (χ3v) is 3.02. The minimum absolute atomic E-state index is 0.264. The highest BCUT2D eigenvalue weighted by molar-refractivity contribution is 9.10. The zero-order valence-corrected chi connectivity index (χ0v) is 10.9. The SMILES string of the molecule is O=C(COC(=O)c1ccccc1Br)c1ccc[nH]1. The summed E-state index contributed by atoms with van der Waals surface area (Å²) in [6, 6.07) is 10.2. The average molecular weight is 308 g/mol. The molecule has 5 heteroatoms. The van der Waals surface area contributed by atoms with Crippen molar-refractivity contribution < 1.29 is 14.3 Å². The van der Waals surface area contributed by atoms with Crippen LogP contribution in [0.1, 0.15) is 20.8 Å². The molecular weight excluding hydrogens is 298 g/mol. The molecule has 0 aliphatic rings. The number of hydrogen-bond donors (Lipinski definition) is 1. The predicted molar refractivity (Wildman–Crippen MR) is 69.5 cm³/mol. The van der Waals surface area contributed by atoms with E-state index in [9.17, 15) is 9.59 Å². The lowest BCUT2D eigenvalue weighted by Crippen LogP contribution is -2.14. The molecule has 1 N–H and O–H groups in total. The Morgan fingerprint density at radius 2 is 1.94 bits per heavy atom. The second-order valence-electron chi connectivity index (χ2n) is 3.56. The van der Waals surface area contributed by atoms with Gasteiger partial charge in [0.15, 0.2) is 6.61 Å². The minimum atomic E-state index is -0.526. The van der Waals surface area contributed by atoms with Crippen LogP contribution in [-0.4, -0.2) is 23.3 Å². The lowest BCUT2D eigenvalue weighted by atomic mass is 10.2. The van der Waals surface area contributed by atoms with Gasteiger partial charge >= 0.3 is 5.97 Å². The molecule has 2 aromatic rings. The molecule has 4 nitrogen and oxygen atoms in total. The molecule has 0 atom stereocenters. The average Bonchev–Trinajstić information content (AvgIpc) is 2.90. The molecule has 92 valence electrons. The van der Waals surface area contributed by atoms with E-state index in [1.54, 1.807) is 42.6 Å². The number of rotatable bonds is 4. The molecule has 0 saturated heterocycles. The Morgan fingerprint density at radius 1 is 1.17 bits per heavy atom. The van der Waals surface area contributed by atoms with Gasteiger partial charge in [-0.25, -0.2) is 4.79 Å². The monoisotopic (exact) mass is 307 g/mol. The number of carbonyl (C=O) groups is 2. The van der Waals surface area contributed by atoms with Crippen molar-refractivity contribution in [3.8, 4) is 0 Å². The van der Waals surface area contributed by atoms with Gasteiger partial charge in [0, 0.05) is 10.7 Å². The van der Waals surface area contributed by atoms with E-state index in [-0.39, 0.29) is 12.4 Å². The topological polar surface area (TPSA) is 59.2 Å². The van der Waals surface area contributed by atoms with Crippen molar-refractivity contribution in [2.75, 3.05) is 6.61 Å². The lowest BCUT2D eigenvalue weighted by Gasteiger charge is -2.04. The van der Waals surface area contributed by atoms with Gasteiger partial charge in [-0.15, -0.1) is 0 Å². The van der Waals surface area contributed by atoms with E-state index < -0.39 is 5.97 Å². The van der Waals surface area contributed by atoms with Crippen molar-refractivity contribution in [3.63, 3.8) is 0 Å². The molecule has 0 bridgehead atoms. The van der Waals surface area contributed by atoms with Gasteiger partial charge in [0.05, 0.1) is 11.3 Å². The highest BCUT2D eigenvalue weighted by Crippen LogP contribution is 2.16. The van der Waals surface area contributed by atoms with Gasteiger partial charge in [0.1, 0.15) is 0 Å². The van der Waals surface area contributed by atoms with Crippen molar-refractivity contribution >= 4 is 27.7 Å². The summed E-state index contributed by atoms with van der Waals surface area (Å²) < 4.78 is 5.60. The Balaban J connectivity index is 1.97. The summed E-state index contributed by atoms with van der Waals surface area (Å²) in [6.07, 6.45) is 1.64. The van der Waals surface area contributed by atoms with Crippen LogP contribution in [0.2, 0.25) is 0 Å². The van der Waals surface area contributed by atoms with Gasteiger partial charge in [-0.05, 0) is 40.2 Å². The number of ketones is 1. The van der Waals surface area contributed by atoms with E-state index in [0.717, 1.165) is 0 Å². The number of H-pyrrole nitrogens is 1. The number of hydrogen-bond acceptors (Lipinski definition) is 3. The van der Waals surface area contributed by atoms with E-state index in [4.69, 9.17) is 4.74 Å². The first-order valence-corrected chi connectivity index (χ1v) is 6.06. The Labute approximate surface area is 112 Å². The van der Waals surface area contributed by atoms with Crippen LogP contribution in [0.25, 0.3) is 0 Å². The first-order valence-electron chi connectivity index (χ1n) is 5.26. The fourth-order valence-corrected chi connectivity index (χ4v) is 1.86. The Bertz CT molecular complexity index is 563. The maximum Gasteiger partial charge on any atom is 0.339 e. The third-order valence-electron chi connectivity index (χ3n) is 2.33. The van der Waals surface area contributed by atoms with Gasteiger partial charge in [-0.3, -0.25) is 4.79 Å². The molecule has 2 rings (SSSR count). The number of ether oxygens (including phenoxy) is 1. The van der Waals surface area contributed by atoms with Crippen LogP contribution in [0.5, 0.6) is 0 Å². The number of aromatic amines is 1. The standard InChI is InChI=1S/C13H10BrNO3/c14-10-5-2-1-4-9(10)13(17)18-8-12(16)11-6-3-7-15-11/h1-7,15H,8H2. The van der Waals surface area contributed by atoms with E-state index in [0.29, 0.717) is 15.7 Å². The van der Waals surface area contributed by atoms with Crippen LogP contribution in [0.4, 0.5) is 0 Å². The van der Waals surface area contributed by atoms with E-state index in [1.807, 2.05) is 0 Å². The number of esters is 1. The normalized spacial score (nSPS) is 10.1. The first kappa shape index (κ1) is 12.6. The zero-order valence-electron chi connectivity index (χ0n) is 9.35. The van der Waals surface area contributed by atoms with E-state index in [1.165, 1.54) is 0 Å². The van der Waals surface area contributed by atoms with Gasteiger partial charge < -0.3 is 9.72 Å². The summed E-state index contributed by atoms with van der Waals surface area (Å²) in [5.41, 5.74) is 0.826. The zero-order chi connectivity index (χ0) is 13.0. The molecule has 0 aliphatic carbocycles. The summed E-state index contributed by atoms with van der Waals surface area (Å²) in [5.74, 6) is -0.789. The largest absolute Gasteiger partial charge is 0.454 e. The van der Waals surface area contributed by atoms with Crippen molar-refractivity contribution in [1.82, 2.24) is 4.98 Å². The van der Waals surface area contributed by atoms with Crippen LogP contribution < -0.4 is 0 Å². The smallest absolute Gasteiger partial charge is 0.339 e. The van der Waals surface area contributed by atoms with E-state index in [2.05, 4.69) is 20.9 Å². The molecule has 0 saturated carbocycles. The third kappa shape index (κ3) is 2.87. The van der Waals surface area contributed by atoms with E-state index >= 15 is 0 Å². The van der Waals surface area contributed by atoms with Gasteiger partial charge in [0.2, 0.25) is 5.78 Å². The number of aromatic nitrogens is 1. The van der Waals surface area contributed by atoms with Crippen LogP contribution in [0, 0.1) is 0 Å². The maximum atomic E-state index is 11.7. The molecule has 0 amide bonds. The molecule has 1 heterocycles. The Hall–Kier alpha value is -1.88. The van der Waals surface area contributed by atoms with Crippen LogP contribution in [0.15, 0.2) is 47.1 Å². The summed E-state index contributed by atoms with van der Waals surface area (Å²) in [4.78, 5) is 26.1. The van der Waals surface area contributed by atoms with Crippen LogP contribution >= 0.6 is 15.9 Å². The number of carbonyl (C=O) groups excluding carboxylic acids is 2. The fourth-order valence-electron chi connectivity index (χ4n) is 1.42. The second kappa shape index (κ2) is 5.64. The number of Topliss-reactive ketones (excluding diaryl/α,β-unsaturated/α-hetero) is 1. The first-order chi connectivity index (χ1) is 8.68. The van der Waals surface area contributed by atoms with Gasteiger partial charge in [-0.1, -0.05) is 12.1 Å². The van der Waals surface area contributed by atoms with Crippen LogP contribution in [0.3, 0.4) is 0 Å². The molecule has 1 aromatic heterocycles. The van der Waals surface area contributed by atoms with Gasteiger partial charge in [0.25, 0.3) is 0 Å². The number of benzene rings is 1. The summed E-state index contributed by atoms with van der Waals surface area (Å²) in [6.45, 7) is -0.277. The van der Waals surface area contributed by atoms with Crippen molar-refractivity contribution in [2.45, 2.75) is 0 Å². The van der Waals surface area contributed by atoms with Crippen molar-refractivity contribution in [1.29, 1.82) is 0 Å². The highest BCUT2D eigenvalue weighted by Gasteiger charge is 2.14. The summed E-state index contributed by atoms with van der Waals surface area (Å²) in [7, 11) is 0. The quantitative estimate of drug-likeness (QED) is 0.698. The molecule has 1 aromatic carbocycles. The molecule has 0 unspecified atom stereocenters. The molecule has 0 fully saturated rings. The lowest BCUT2D eigenvalue weighted by molar-refractivity contribution is 0.0472.